The lowest BCUT2D eigenvalue weighted by molar-refractivity contribution is -0.137. The predicted molar refractivity (Wildman–Crippen MR) is 156 cm³/mol. The Balaban J connectivity index is 1.93. The summed E-state index contributed by atoms with van der Waals surface area (Å²) < 4.78 is 49.8. The number of aryl methyl sites for hydroxylation is 4. The molecular weight excluding hydrogens is 525 g/mol. The van der Waals surface area contributed by atoms with Crippen LogP contribution in [0.5, 0.6) is 11.5 Å². The van der Waals surface area contributed by atoms with Gasteiger partial charge in [0.2, 0.25) is 0 Å². The third-order valence-corrected chi connectivity index (χ3v) is 7.29. The Morgan fingerprint density at radius 1 is 0.902 bits per heavy atom. The van der Waals surface area contributed by atoms with Gasteiger partial charge in [0, 0.05) is 0 Å². The molecule has 3 aromatic carbocycles. The van der Waals surface area contributed by atoms with Crippen LogP contribution in [0.4, 0.5) is 13.2 Å². The van der Waals surface area contributed by atoms with Gasteiger partial charge in [0.1, 0.15) is 23.1 Å². The van der Waals surface area contributed by atoms with Gasteiger partial charge in [0.15, 0.2) is 0 Å². The number of rotatable bonds is 7. The molecule has 0 aliphatic rings. The summed E-state index contributed by atoms with van der Waals surface area (Å²) in [6.07, 6.45) is -4.09. The number of benzene rings is 3. The molecule has 41 heavy (non-hydrogen) atoms. The number of alkyl halides is 3. The SMILES string of the molecule is CCc1cc(C)ccc1Oc1ccc(-c2cc(C(F)(F)F)c(C#N)c(=O)n2Cc2ccc(C)cc2C)cc1C(C)C. The molecule has 0 atom stereocenters. The second-order valence-electron chi connectivity index (χ2n) is 10.7. The highest BCUT2D eigenvalue weighted by molar-refractivity contribution is 5.66. The largest absolute Gasteiger partial charge is 0.457 e. The van der Waals surface area contributed by atoms with E-state index < -0.39 is 22.9 Å². The van der Waals surface area contributed by atoms with Crippen molar-refractivity contribution < 1.29 is 17.9 Å². The Morgan fingerprint density at radius 2 is 1.56 bits per heavy atom. The minimum Gasteiger partial charge on any atom is -0.457 e. The molecule has 0 amide bonds. The summed E-state index contributed by atoms with van der Waals surface area (Å²) in [4.78, 5) is 13.5. The predicted octanol–water partition coefficient (Wildman–Crippen LogP) is 8.86. The van der Waals surface area contributed by atoms with Crippen LogP contribution < -0.4 is 10.3 Å². The van der Waals surface area contributed by atoms with Crippen LogP contribution in [0.25, 0.3) is 11.3 Å². The topological polar surface area (TPSA) is 55.0 Å². The quantitative estimate of drug-likeness (QED) is 0.228. The van der Waals surface area contributed by atoms with Gasteiger partial charge in [-0.25, -0.2) is 0 Å². The molecule has 7 heteroatoms. The third-order valence-electron chi connectivity index (χ3n) is 7.29. The Kier molecular flexibility index (Phi) is 8.44. The zero-order chi connectivity index (χ0) is 30.1. The fourth-order valence-corrected chi connectivity index (χ4v) is 5.02. The van der Waals surface area contributed by atoms with Gasteiger partial charge in [-0.2, -0.15) is 18.4 Å². The summed E-state index contributed by atoms with van der Waals surface area (Å²) in [6, 6.07) is 19.3. The minimum atomic E-state index is -4.87. The van der Waals surface area contributed by atoms with Gasteiger partial charge < -0.3 is 9.30 Å². The van der Waals surface area contributed by atoms with Crippen LogP contribution >= 0.6 is 0 Å². The van der Waals surface area contributed by atoms with Crippen LogP contribution in [0.3, 0.4) is 0 Å². The number of aromatic nitrogens is 1. The van der Waals surface area contributed by atoms with E-state index >= 15 is 0 Å². The van der Waals surface area contributed by atoms with E-state index in [-0.39, 0.29) is 18.2 Å². The van der Waals surface area contributed by atoms with Crippen molar-refractivity contribution >= 4 is 0 Å². The normalized spacial score (nSPS) is 11.5. The van der Waals surface area contributed by atoms with Crippen LogP contribution in [0.1, 0.15) is 71.2 Å². The van der Waals surface area contributed by atoms with Crippen molar-refractivity contribution in [3.63, 3.8) is 0 Å². The lowest BCUT2D eigenvalue weighted by Crippen LogP contribution is -2.29. The summed E-state index contributed by atoms with van der Waals surface area (Å²) in [5, 5.41) is 9.58. The first-order valence-corrected chi connectivity index (χ1v) is 13.6. The van der Waals surface area contributed by atoms with Gasteiger partial charge in [0.25, 0.3) is 5.56 Å². The zero-order valence-corrected chi connectivity index (χ0v) is 24.1. The lowest BCUT2D eigenvalue weighted by Gasteiger charge is -2.21. The smallest absolute Gasteiger partial charge is 0.417 e. The van der Waals surface area contributed by atoms with E-state index in [0.717, 1.165) is 51.6 Å². The monoisotopic (exact) mass is 558 g/mol. The van der Waals surface area contributed by atoms with E-state index in [9.17, 15) is 23.2 Å². The average Bonchev–Trinajstić information content (AvgIpc) is 2.91. The van der Waals surface area contributed by atoms with Gasteiger partial charge in [-0.1, -0.05) is 62.2 Å². The van der Waals surface area contributed by atoms with Crippen molar-refractivity contribution in [2.75, 3.05) is 0 Å². The lowest BCUT2D eigenvalue weighted by atomic mass is 9.96. The van der Waals surface area contributed by atoms with E-state index in [2.05, 4.69) is 6.07 Å². The number of pyridine rings is 1. The number of hydrogen-bond donors (Lipinski definition) is 0. The maximum atomic E-state index is 14.1. The average molecular weight is 559 g/mol. The Labute approximate surface area is 238 Å². The van der Waals surface area contributed by atoms with Crippen molar-refractivity contribution in [1.82, 2.24) is 4.57 Å². The molecule has 0 aliphatic heterocycles. The molecule has 1 heterocycles. The molecule has 0 unspecified atom stereocenters. The molecule has 0 bridgehead atoms. The first-order valence-electron chi connectivity index (χ1n) is 13.6. The first kappa shape index (κ1) is 29.7. The van der Waals surface area contributed by atoms with Gasteiger partial charge >= 0.3 is 6.18 Å². The molecule has 4 nitrogen and oxygen atoms in total. The fourth-order valence-electron chi connectivity index (χ4n) is 5.02. The molecule has 0 spiro atoms. The third kappa shape index (κ3) is 6.22. The molecule has 0 fully saturated rings. The van der Waals surface area contributed by atoms with E-state index in [1.807, 2.05) is 71.9 Å². The molecule has 0 aliphatic carbocycles. The molecule has 4 rings (SSSR count). The van der Waals surface area contributed by atoms with Gasteiger partial charge in [-0.15, -0.1) is 0 Å². The number of halogens is 3. The van der Waals surface area contributed by atoms with Crippen molar-refractivity contribution in [2.45, 2.75) is 66.6 Å². The Morgan fingerprint density at radius 3 is 2.17 bits per heavy atom. The highest BCUT2D eigenvalue weighted by Gasteiger charge is 2.36. The molecular formula is C34H33F3N2O2. The van der Waals surface area contributed by atoms with Gasteiger partial charge in [-0.05, 0) is 91.3 Å². The van der Waals surface area contributed by atoms with Crippen molar-refractivity contribution in [1.29, 1.82) is 5.26 Å². The Hall–Kier alpha value is -4.31. The molecule has 0 saturated heterocycles. The highest BCUT2D eigenvalue weighted by atomic mass is 19.4. The number of nitriles is 1. The van der Waals surface area contributed by atoms with Crippen LogP contribution in [0, 0.1) is 32.1 Å². The number of ether oxygens (including phenoxy) is 1. The summed E-state index contributed by atoms with van der Waals surface area (Å²) >= 11 is 0. The summed E-state index contributed by atoms with van der Waals surface area (Å²) in [5.41, 5.74) is 3.04. The van der Waals surface area contributed by atoms with Crippen LogP contribution in [0.15, 0.2) is 65.5 Å². The summed E-state index contributed by atoms with van der Waals surface area (Å²) in [5.74, 6) is 1.29. The van der Waals surface area contributed by atoms with Crippen LogP contribution in [-0.2, 0) is 19.1 Å². The van der Waals surface area contributed by atoms with Crippen LogP contribution in [0.2, 0.25) is 0 Å². The zero-order valence-electron chi connectivity index (χ0n) is 24.1. The van der Waals surface area contributed by atoms with Crippen molar-refractivity contribution in [2.24, 2.45) is 0 Å². The maximum absolute atomic E-state index is 14.1. The molecule has 0 saturated carbocycles. The maximum Gasteiger partial charge on any atom is 0.417 e. The number of nitrogens with zero attached hydrogens (tertiary/aromatic N) is 2. The molecule has 1 aromatic heterocycles. The second kappa shape index (κ2) is 11.7. The fraction of sp³-hybridized carbons (Fsp3) is 0.294. The van der Waals surface area contributed by atoms with Crippen LogP contribution in [-0.4, -0.2) is 4.57 Å². The first-order chi connectivity index (χ1) is 19.3. The van der Waals surface area contributed by atoms with Gasteiger partial charge in [0.05, 0.1) is 17.8 Å². The highest BCUT2D eigenvalue weighted by Crippen LogP contribution is 2.38. The molecule has 212 valence electrons. The Bertz CT molecular complexity index is 1710. The standard InChI is InChI=1S/C34H33F3N2O2/c1-7-24-15-22(5)9-12-31(24)41-32-13-11-25(16-27(32)20(2)3)30-17-29(34(35,36)37)28(18-38)33(40)39(30)19-26-10-8-21(4)14-23(26)6/h8-17,20H,7,19H2,1-6H3. The molecule has 0 N–H and O–H groups in total. The second-order valence-corrected chi connectivity index (χ2v) is 10.7. The minimum absolute atomic E-state index is 0.0194. The van der Waals surface area contributed by atoms with Crippen molar-refractivity contribution in [3.05, 3.63) is 116 Å². The molecule has 4 aromatic rings. The summed E-state index contributed by atoms with van der Waals surface area (Å²) in [7, 11) is 0. The molecule has 0 radical (unpaired) electrons. The summed E-state index contributed by atoms with van der Waals surface area (Å²) in [6.45, 7) is 11.9. The van der Waals surface area contributed by atoms with Gasteiger partial charge in [-0.3, -0.25) is 4.79 Å². The number of hydrogen-bond acceptors (Lipinski definition) is 3. The van der Waals surface area contributed by atoms with E-state index in [1.165, 1.54) is 10.6 Å². The van der Waals surface area contributed by atoms with E-state index in [4.69, 9.17) is 4.74 Å². The van der Waals surface area contributed by atoms with Crippen molar-refractivity contribution in [3.8, 4) is 28.8 Å². The van der Waals surface area contributed by atoms with E-state index in [1.54, 1.807) is 18.2 Å². The van der Waals surface area contributed by atoms with E-state index in [0.29, 0.717) is 11.3 Å².